The Kier molecular flexibility index (Phi) is 6.08. The number of anilines is 1. The molecule has 1 saturated carbocycles. The maximum absolute atomic E-state index is 13.1. The van der Waals surface area contributed by atoms with Gasteiger partial charge in [-0.1, -0.05) is 6.07 Å². The van der Waals surface area contributed by atoms with Gasteiger partial charge in [0.15, 0.2) is 6.10 Å². The van der Waals surface area contributed by atoms with Gasteiger partial charge in [0.05, 0.1) is 25.3 Å². The van der Waals surface area contributed by atoms with Crippen molar-refractivity contribution in [3.8, 4) is 11.6 Å². The first kappa shape index (κ1) is 23.1. The topological polar surface area (TPSA) is 92.3 Å². The van der Waals surface area contributed by atoms with Gasteiger partial charge in [0.25, 0.3) is 11.8 Å². The van der Waals surface area contributed by atoms with E-state index < -0.39 is 6.10 Å². The molecule has 0 bridgehead atoms. The quantitative estimate of drug-likeness (QED) is 0.579. The van der Waals surface area contributed by atoms with E-state index in [0.717, 1.165) is 5.56 Å². The molecule has 3 aliphatic rings. The molecule has 35 heavy (non-hydrogen) atoms. The molecular formula is C26H30N4O5. The molecule has 5 rings (SSSR count). The number of aromatic nitrogens is 1. The second kappa shape index (κ2) is 9.20. The highest BCUT2D eigenvalue weighted by molar-refractivity contribution is 6.03. The van der Waals surface area contributed by atoms with Crippen molar-refractivity contribution in [3.63, 3.8) is 0 Å². The van der Waals surface area contributed by atoms with Crippen LogP contribution in [0.5, 0.6) is 11.6 Å². The summed E-state index contributed by atoms with van der Waals surface area (Å²) in [6.07, 6.45) is 4.15. The summed E-state index contributed by atoms with van der Waals surface area (Å²) in [5.41, 5.74) is 2.00. The first-order chi connectivity index (χ1) is 16.8. The maximum atomic E-state index is 13.1. The normalized spacial score (nSPS) is 21.3. The SMILES string of the molecule is CN(C)C(=O)CC1c2ccc(N3CC[C@@H](Oc4ccc(OCC5CC5)nc4)C3=O)cc2C(=O)N1C. The molecular weight excluding hydrogens is 448 g/mol. The molecule has 3 heterocycles. The predicted molar refractivity (Wildman–Crippen MR) is 128 cm³/mol. The fraction of sp³-hybridized carbons (Fsp3) is 0.462. The van der Waals surface area contributed by atoms with E-state index in [9.17, 15) is 14.4 Å². The van der Waals surface area contributed by atoms with Crippen LogP contribution in [0.2, 0.25) is 0 Å². The van der Waals surface area contributed by atoms with E-state index in [2.05, 4.69) is 4.98 Å². The number of ether oxygens (including phenoxy) is 2. The number of amides is 3. The number of rotatable bonds is 8. The monoisotopic (exact) mass is 478 g/mol. The second-order valence-corrected chi connectivity index (χ2v) is 9.67. The average molecular weight is 479 g/mol. The van der Waals surface area contributed by atoms with Crippen molar-refractivity contribution in [1.29, 1.82) is 0 Å². The van der Waals surface area contributed by atoms with E-state index in [1.165, 1.54) is 17.7 Å². The molecule has 2 aromatic rings. The Hall–Kier alpha value is -3.62. The largest absolute Gasteiger partial charge is 0.479 e. The Bertz CT molecular complexity index is 1140. The van der Waals surface area contributed by atoms with E-state index in [1.54, 1.807) is 55.3 Å². The highest BCUT2D eigenvalue weighted by Gasteiger charge is 2.38. The molecule has 0 N–H and O–H groups in total. The summed E-state index contributed by atoms with van der Waals surface area (Å²) >= 11 is 0. The zero-order valence-electron chi connectivity index (χ0n) is 20.3. The van der Waals surface area contributed by atoms with Gasteiger partial charge in [-0.05, 0) is 42.5 Å². The summed E-state index contributed by atoms with van der Waals surface area (Å²) in [5.74, 6) is 1.38. The van der Waals surface area contributed by atoms with Gasteiger partial charge >= 0.3 is 0 Å². The summed E-state index contributed by atoms with van der Waals surface area (Å²) in [6, 6.07) is 8.66. The third-order valence-electron chi connectivity index (χ3n) is 6.90. The lowest BCUT2D eigenvalue weighted by atomic mass is 10.0. The lowest BCUT2D eigenvalue weighted by Gasteiger charge is -2.22. The number of benzene rings is 1. The van der Waals surface area contributed by atoms with Crippen LogP contribution in [-0.4, -0.2) is 72.9 Å². The Morgan fingerprint density at radius 3 is 2.63 bits per heavy atom. The van der Waals surface area contributed by atoms with Crippen LogP contribution in [0.25, 0.3) is 0 Å². The number of hydrogen-bond donors (Lipinski definition) is 0. The lowest BCUT2D eigenvalue weighted by Crippen LogP contribution is -2.32. The Labute approximate surface area is 204 Å². The fourth-order valence-electron chi connectivity index (χ4n) is 4.52. The van der Waals surface area contributed by atoms with Crippen molar-refractivity contribution < 1.29 is 23.9 Å². The minimum absolute atomic E-state index is 0.0433. The van der Waals surface area contributed by atoms with Crippen LogP contribution < -0.4 is 14.4 Å². The van der Waals surface area contributed by atoms with Gasteiger partial charge in [0.2, 0.25) is 11.8 Å². The molecule has 2 fully saturated rings. The molecule has 184 valence electrons. The molecule has 2 aliphatic heterocycles. The first-order valence-corrected chi connectivity index (χ1v) is 12.0. The predicted octanol–water partition coefficient (Wildman–Crippen LogP) is 2.66. The van der Waals surface area contributed by atoms with Gasteiger partial charge < -0.3 is 24.2 Å². The van der Waals surface area contributed by atoms with E-state index in [4.69, 9.17) is 9.47 Å². The molecule has 1 aromatic carbocycles. The smallest absolute Gasteiger partial charge is 0.268 e. The number of hydrogen-bond acceptors (Lipinski definition) is 6. The lowest BCUT2D eigenvalue weighted by molar-refractivity contribution is -0.129. The van der Waals surface area contributed by atoms with Crippen molar-refractivity contribution in [3.05, 3.63) is 47.7 Å². The van der Waals surface area contributed by atoms with E-state index in [-0.39, 0.29) is 30.2 Å². The molecule has 9 heteroatoms. The van der Waals surface area contributed by atoms with Gasteiger partial charge in [0.1, 0.15) is 5.75 Å². The van der Waals surface area contributed by atoms with Crippen molar-refractivity contribution in [1.82, 2.24) is 14.8 Å². The number of nitrogens with zero attached hydrogens (tertiary/aromatic N) is 4. The van der Waals surface area contributed by atoms with Crippen molar-refractivity contribution in [2.45, 2.75) is 37.8 Å². The third-order valence-corrected chi connectivity index (χ3v) is 6.90. The van der Waals surface area contributed by atoms with Gasteiger partial charge in [-0.2, -0.15) is 0 Å². The minimum atomic E-state index is -0.618. The summed E-state index contributed by atoms with van der Waals surface area (Å²) in [6.45, 7) is 1.18. The van der Waals surface area contributed by atoms with E-state index >= 15 is 0 Å². The van der Waals surface area contributed by atoms with Crippen LogP contribution in [0, 0.1) is 5.92 Å². The molecule has 1 unspecified atom stereocenters. The zero-order chi connectivity index (χ0) is 24.7. The minimum Gasteiger partial charge on any atom is -0.479 e. The average Bonchev–Trinajstić information content (AvgIpc) is 3.58. The van der Waals surface area contributed by atoms with Gasteiger partial charge in [-0.3, -0.25) is 14.4 Å². The molecule has 0 radical (unpaired) electrons. The van der Waals surface area contributed by atoms with E-state index in [1.807, 2.05) is 12.1 Å². The molecule has 3 amide bonds. The third kappa shape index (κ3) is 4.67. The van der Waals surface area contributed by atoms with Crippen molar-refractivity contribution >= 4 is 23.4 Å². The van der Waals surface area contributed by atoms with Crippen LogP contribution >= 0.6 is 0 Å². The number of carbonyl (C=O) groups excluding carboxylic acids is 3. The Morgan fingerprint density at radius 1 is 1.14 bits per heavy atom. The van der Waals surface area contributed by atoms with Crippen LogP contribution in [-0.2, 0) is 9.59 Å². The van der Waals surface area contributed by atoms with Crippen LogP contribution in [0.3, 0.4) is 0 Å². The van der Waals surface area contributed by atoms with Crippen molar-refractivity contribution in [2.75, 3.05) is 39.2 Å². The Balaban J connectivity index is 1.25. The summed E-state index contributed by atoms with van der Waals surface area (Å²) in [4.78, 5) is 47.3. The summed E-state index contributed by atoms with van der Waals surface area (Å²) < 4.78 is 11.6. The summed E-state index contributed by atoms with van der Waals surface area (Å²) in [5, 5.41) is 0. The van der Waals surface area contributed by atoms with Gasteiger partial charge in [-0.25, -0.2) is 4.98 Å². The molecule has 9 nitrogen and oxygen atoms in total. The van der Waals surface area contributed by atoms with Crippen LogP contribution in [0.4, 0.5) is 5.69 Å². The molecule has 1 aromatic heterocycles. The maximum Gasteiger partial charge on any atom is 0.268 e. The highest BCUT2D eigenvalue weighted by Crippen LogP contribution is 2.38. The second-order valence-electron chi connectivity index (χ2n) is 9.67. The number of fused-ring (bicyclic) bond motifs is 1. The van der Waals surface area contributed by atoms with Gasteiger partial charge in [-0.15, -0.1) is 0 Å². The van der Waals surface area contributed by atoms with Crippen LogP contribution in [0.1, 0.15) is 47.6 Å². The highest BCUT2D eigenvalue weighted by atomic mass is 16.5. The zero-order valence-corrected chi connectivity index (χ0v) is 20.3. The molecule has 1 aliphatic carbocycles. The standard InChI is InChI=1S/C26H30N4O5/c1-28(2)24(31)13-21-19-8-6-17(12-20(19)25(32)29(21)3)30-11-10-22(26(30)33)35-18-7-9-23(27-14-18)34-15-16-4-5-16/h6-9,12,14,16,21-22H,4-5,10-11,13,15H2,1-3H3/t21?,22-/m1/s1. The first-order valence-electron chi connectivity index (χ1n) is 12.0. The fourth-order valence-corrected chi connectivity index (χ4v) is 4.52. The van der Waals surface area contributed by atoms with Crippen LogP contribution in [0.15, 0.2) is 36.5 Å². The number of pyridine rings is 1. The Morgan fingerprint density at radius 2 is 1.94 bits per heavy atom. The van der Waals surface area contributed by atoms with Gasteiger partial charge in [0, 0.05) is 51.4 Å². The van der Waals surface area contributed by atoms with Crippen molar-refractivity contribution in [2.24, 2.45) is 5.92 Å². The molecule has 0 spiro atoms. The molecule has 2 atom stereocenters. The number of carbonyl (C=O) groups is 3. The van der Waals surface area contributed by atoms with E-state index in [0.29, 0.717) is 48.4 Å². The molecule has 1 saturated heterocycles. The summed E-state index contributed by atoms with van der Waals surface area (Å²) in [7, 11) is 5.11.